The topological polar surface area (TPSA) is 66.4 Å². The first-order chi connectivity index (χ1) is 11.6. The number of amides is 1. The second-order valence-electron chi connectivity index (χ2n) is 5.77. The highest BCUT2D eigenvalue weighted by Crippen LogP contribution is 2.24. The zero-order chi connectivity index (χ0) is 17.5. The van der Waals surface area contributed by atoms with Crippen LogP contribution in [-0.2, 0) is 6.42 Å². The van der Waals surface area contributed by atoms with E-state index in [9.17, 15) is 14.7 Å². The van der Waals surface area contributed by atoms with Crippen molar-refractivity contribution < 1.29 is 14.7 Å². The largest absolute Gasteiger partial charge is 0.507 e. The molecule has 126 valence electrons. The minimum atomic E-state index is -0.424. The van der Waals surface area contributed by atoms with Gasteiger partial charge in [-0.2, -0.15) is 0 Å². The Labute approximate surface area is 142 Å². The van der Waals surface area contributed by atoms with Crippen molar-refractivity contribution in [1.82, 2.24) is 0 Å². The Hall–Kier alpha value is -2.62. The van der Waals surface area contributed by atoms with Gasteiger partial charge in [-0.15, -0.1) is 0 Å². The molecule has 0 radical (unpaired) electrons. The molecule has 24 heavy (non-hydrogen) atoms. The van der Waals surface area contributed by atoms with Gasteiger partial charge in [0.15, 0.2) is 5.78 Å². The number of ketones is 1. The lowest BCUT2D eigenvalue weighted by Crippen LogP contribution is -2.15. The molecule has 0 aliphatic carbocycles. The van der Waals surface area contributed by atoms with E-state index in [1.165, 1.54) is 6.07 Å². The van der Waals surface area contributed by atoms with Crippen molar-refractivity contribution in [2.45, 2.75) is 39.5 Å². The summed E-state index contributed by atoms with van der Waals surface area (Å²) in [6, 6.07) is 11.9. The Kier molecular flexibility index (Phi) is 6.13. The molecule has 0 fully saturated rings. The van der Waals surface area contributed by atoms with Gasteiger partial charge in [-0.1, -0.05) is 38.5 Å². The molecule has 1 amide bonds. The molecule has 0 aliphatic heterocycles. The Balaban J connectivity index is 2.35. The van der Waals surface area contributed by atoms with Gasteiger partial charge in [-0.05, 0) is 42.7 Å². The number of carbonyl (C=O) groups is 2. The van der Waals surface area contributed by atoms with Crippen molar-refractivity contribution in [3.05, 3.63) is 59.2 Å². The second-order valence-corrected chi connectivity index (χ2v) is 5.77. The van der Waals surface area contributed by atoms with Crippen LogP contribution in [0.3, 0.4) is 0 Å². The number of Topliss-reactive ketones (excluding diaryl/α,β-unsaturated/α-hetero) is 1. The highest BCUT2D eigenvalue weighted by atomic mass is 16.3. The van der Waals surface area contributed by atoms with Crippen LogP contribution in [0.15, 0.2) is 42.5 Å². The van der Waals surface area contributed by atoms with Gasteiger partial charge in [0.2, 0.25) is 0 Å². The fourth-order valence-electron chi connectivity index (χ4n) is 2.60. The Morgan fingerprint density at radius 1 is 1.00 bits per heavy atom. The van der Waals surface area contributed by atoms with Gasteiger partial charge in [0.25, 0.3) is 5.91 Å². The van der Waals surface area contributed by atoms with Crippen molar-refractivity contribution in [1.29, 1.82) is 0 Å². The van der Waals surface area contributed by atoms with Gasteiger partial charge in [-0.25, -0.2) is 0 Å². The summed E-state index contributed by atoms with van der Waals surface area (Å²) < 4.78 is 0. The van der Waals surface area contributed by atoms with E-state index in [2.05, 4.69) is 12.2 Å². The van der Waals surface area contributed by atoms with Crippen LogP contribution in [0.2, 0.25) is 0 Å². The van der Waals surface area contributed by atoms with Crippen molar-refractivity contribution in [2.75, 3.05) is 5.32 Å². The van der Waals surface area contributed by atoms with E-state index < -0.39 is 5.91 Å². The van der Waals surface area contributed by atoms with Gasteiger partial charge in [0.1, 0.15) is 5.75 Å². The fraction of sp³-hybridized carbons (Fsp3) is 0.300. The van der Waals surface area contributed by atoms with Crippen LogP contribution in [0.25, 0.3) is 0 Å². The lowest BCUT2D eigenvalue weighted by Gasteiger charge is -2.13. The van der Waals surface area contributed by atoms with Crippen LogP contribution in [0.4, 0.5) is 5.69 Å². The maximum atomic E-state index is 12.5. The summed E-state index contributed by atoms with van der Waals surface area (Å²) in [5, 5.41) is 12.6. The number of rotatable bonds is 7. The number of carbonyl (C=O) groups excluding carboxylic acids is 2. The molecule has 0 saturated heterocycles. The minimum absolute atomic E-state index is 0.00753. The first kappa shape index (κ1) is 17.7. The Morgan fingerprint density at radius 2 is 1.75 bits per heavy atom. The summed E-state index contributed by atoms with van der Waals surface area (Å²) >= 11 is 0. The lowest BCUT2D eigenvalue weighted by atomic mass is 10.00. The van der Waals surface area contributed by atoms with Crippen LogP contribution < -0.4 is 5.32 Å². The third-order valence-corrected chi connectivity index (χ3v) is 3.80. The average Bonchev–Trinajstić information content (AvgIpc) is 2.56. The van der Waals surface area contributed by atoms with E-state index in [0.717, 1.165) is 24.8 Å². The molecular weight excluding hydrogens is 302 g/mol. The monoisotopic (exact) mass is 325 g/mol. The summed E-state index contributed by atoms with van der Waals surface area (Å²) in [5.74, 6) is -0.499. The van der Waals surface area contributed by atoms with E-state index in [-0.39, 0.29) is 17.1 Å². The van der Waals surface area contributed by atoms with Gasteiger partial charge in [0, 0.05) is 12.0 Å². The number of phenolic OH excluding ortho intramolecular Hbond substituents is 1. The molecule has 2 N–H and O–H groups in total. The minimum Gasteiger partial charge on any atom is -0.507 e. The molecule has 0 heterocycles. The van der Waals surface area contributed by atoms with Gasteiger partial charge in [0.05, 0.1) is 11.3 Å². The van der Waals surface area contributed by atoms with Crippen LogP contribution in [0, 0.1) is 0 Å². The van der Waals surface area contributed by atoms with Crippen LogP contribution in [0.5, 0.6) is 5.75 Å². The molecule has 0 aliphatic rings. The number of nitrogens with one attached hydrogen (secondary N) is 1. The van der Waals surface area contributed by atoms with E-state index in [1.54, 1.807) is 24.3 Å². The first-order valence-corrected chi connectivity index (χ1v) is 8.32. The normalized spacial score (nSPS) is 10.4. The number of para-hydroxylation sites is 1. The highest BCUT2D eigenvalue weighted by Gasteiger charge is 2.16. The van der Waals surface area contributed by atoms with E-state index in [1.807, 2.05) is 19.1 Å². The van der Waals surface area contributed by atoms with Gasteiger partial charge < -0.3 is 10.4 Å². The van der Waals surface area contributed by atoms with Gasteiger partial charge >= 0.3 is 0 Å². The first-order valence-electron chi connectivity index (χ1n) is 8.32. The number of aromatic hydroxyl groups is 1. The summed E-state index contributed by atoms with van der Waals surface area (Å²) in [6.45, 7) is 4.03. The standard InChI is InChI=1S/C20H23NO3/c1-3-7-14-11-12-15(18(22)8-4-2)17(13-14)21-20(24)16-9-5-6-10-19(16)23/h5-6,9-13,23H,3-4,7-8H2,1-2H3,(H,21,24). The summed E-state index contributed by atoms with van der Waals surface area (Å²) in [7, 11) is 0. The molecule has 0 spiro atoms. The van der Waals surface area contributed by atoms with Crippen LogP contribution in [0.1, 0.15) is 59.4 Å². The average molecular weight is 325 g/mol. The number of aryl methyl sites for hydroxylation is 1. The highest BCUT2D eigenvalue weighted by molar-refractivity contribution is 6.10. The van der Waals surface area contributed by atoms with Crippen molar-refractivity contribution in [2.24, 2.45) is 0 Å². The summed E-state index contributed by atoms with van der Waals surface area (Å²) in [5.41, 5.74) is 2.28. The van der Waals surface area contributed by atoms with Crippen LogP contribution >= 0.6 is 0 Å². The smallest absolute Gasteiger partial charge is 0.259 e. The quantitative estimate of drug-likeness (QED) is 0.732. The fourth-order valence-corrected chi connectivity index (χ4v) is 2.60. The predicted molar refractivity (Wildman–Crippen MR) is 95.7 cm³/mol. The van der Waals surface area contributed by atoms with E-state index in [4.69, 9.17) is 0 Å². The molecule has 0 bridgehead atoms. The molecule has 0 aromatic heterocycles. The number of anilines is 1. The molecule has 2 aromatic rings. The maximum Gasteiger partial charge on any atom is 0.259 e. The summed E-state index contributed by atoms with van der Waals surface area (Å²) in [4.78, 5) is 24.8. The molecule has 4 nitrogen and oxygen atoms in total. The summed E-state index contributed by atoms with van der Waals surface area (Å²) in [6.07, 6.45) is 3.05. The molecule has 4 heteroatoms. The molecular formula is C20H23NO3. The number of hydrogen-bond acceptors (Lipinski definition) is 3. The zero-order valence-electron chi connectivity index (χ0n) is 14.1. The van der Waals surface area contributed by atoms with Crippen LogP contribution in [-0.4, -0.2) is 16.8 Å². The second kappa shape index (κ2) is 8.29. The van der Waals surface area contributed by atoms with E-state index in [0.29, 0.717) is 17.7 Å². The van der Waals surface area contributed by atoms with Crippen molar-refractivity contribution in [3.8, 4) is 5.75 Å². The molecule has 0 atom stereocenters. The third kappa shape index (κ3) is 4.22. The van der Waals surface area contributed by atoms with Gasteiger partial charge in [-0.3, -0.25) is 9.59 Å². The number of benzene rings is 2. The molecule has 0 saturated carbocycles. The van der Waals surface area contributed by atoms with Crippen molar-refractivity contribution >= 4 is 17.4 Å². The Bertz CT molecular complexity index is 737. The third-order valence-electron chi connectivity index (χ3n) is 3.80. The SMILES string of the molecule is CCCC(=O)c1ccc(CCC)cc1NC(=O)c1ccccc1O. The molecule has 0 unspecified atom stereocenters. The zero-order valence-corrected chi connectivity index (χ0v) is 14.1. The van der Waals surface area contributed by atoms with Crippen molar-refractivity contribution in [3.63, 3.8) is 0 Å². The predicted octanol–water partition coefficient (Wildman–Crippen LogP) is 4.58. The molecule has 2 rings (SSSR count). The molecule has 2 aromatic carbocycles. The number of phenols is 1. The number of hydrogen-bond donors (Lipinski definition) is 2. The lowest BCUT2D eigenvalue weighted by molar-refractivity contribution is 0.0982. The maximum absolute atomic E-state index is 12.5. The Morgan fingerprint density at radius 3 is 2.42 bits per heavy atom. The van der Waals surface area contributed by atoms with E-state index >= 15 is 0 Å².